The summed E-state index contributed by atoms with van der Waals surface area (Å²) in [5, 5.41) is 1.96. The molecule has 2 aromatic heterocycles. The first-order chi connectivity index (χ1) is 11.2. The number of fused-ring (bicyclic) bond motifs is 1. The summed E-state index contributed by atoms with van der Waals surface area (Å²) >= 11 is 1.53. The molecule has 4 heterocycles. The number of nitrogens with zero attached hydrogens (tertiary/aromatic N) is 4. The molecule has 0 spiro atoms. The summed E-state index contributed by atoms with van der Waals surface area (Å²) in [5.74, 6) is 2.08. The topological polar surface area (TPSA) is 49.3 Å². The first kappa shape index (κ1) is 14.6. The van der Waals surface area contributed by atoms with Crippen LogP contribution in [0.4, 0.5) is 5.95 Å². The molecule has 4 rings (SSSR count). The Morgan fingerprint density at radius 1 is 1.22 bits per heavy atom. The van der Waals surface area contributed by atoms with Gasteiger partial charge in [0.2, 0.25) is 5.95 Å². The Balaban J connectivity index is 1.40. The fraction of sp³-hybridized carbons (Fsp3) is 0.471. The third kappa shape index (κ3) is 2.72. The van der Waals surface area contributed by atoms with Crippen LogP contribution in [0.25, 0.3) is 0 Å². The monoisotopic (exact) mass is 328 g/mol. The largest absolute Gasteiger partial charge is 0.340 e. The lowest BCUT2D eigenvalue weighted by Gasteiger charge is -2.21. The highest BCUT2D eigenvalue weighted by molar-refractivity contribution is 7.12. The molecule has 5 nitrogen and oxygen atoms in total. The number of aryl methyl sites for hydroxylation is 1. The number of rotatable bonds is 3. The van der Waals surface area contributed by atoms with Gasteiger partial charge in [0.15, 0.2) is 0 Å². The number of thiophene rings is 1. The van der Waals surface area contributed by atoms with Crippen LogP contribution in [0, 0.1) is 11.8 Å². The summed E-state index contributed by atoms with van der Waals surface area (Å²) < 4.78 is 0. The number of anilines is 1. The number of carbonyl (C=O) groups excluding carboxylic acids is 1. The Bertz CT molecular complexity index is 671. The van der Waals surface area contributed by atoms with Gasteiger partial charge < -0.3 is 9.80 Å². The summed E-state index contributed by atoms with van der Waals surface area (Å²) in [7, 11) is 0. The van der Waals surface area contributed by atoms with E-state index < -0.39 is 0 Å². The molecule has 0 unspecified atom stereocenters. The van der Waals surface area contributed by atoms with Crippen LogP contribution in [-0.4, -0.2) is 47.0 Å². The van der Waals surface area contributed by atoms with Gasteiger partial charge in [-0.05, 0) is 23.4 Å². The summed E-state index contributed by atoms with van der Waals surface area (Å²) in [5.41, 5.74) is 1.17. The Kier molecular flexibility index (Phi) is 3.77. The van der Waals surface area contributed by atoms with Crippen LogP contribution in [-0.2, 0) is 6.42 Å². The first-order valence-corrected chi connectivity index (χ1v) is 9.01. The number of likely N-dealkylation sites (tertiary alicyclic amines) is 1. The Morgan fingerprint density at radius 2 is 1.91 bits per heavy atom. The third-order valence-corrected chi connectivity index (χ3v) is 5.75. The van der Waals surface area contributed by atoms with Crippen molar-refractivity contribution in [2.24, 2.45) is 11.8 Å². The van der Waals surface area contributed by atoms with Crippen molar-refractivity contribution >= 4 is 23.2 Å². The molecule has 0 saturated carbocycles. The van der Waals surface area contributed by atoms with E-state index in [0.717, 1.165) is 43.4 Å². The van der Waals surface area contributed by atoms with Crippen molar-refractivity contribution in [1.29, 1.82) is 0 Å². The molecule has 6 heteroatoms. The predicted octanol–water partition coefficient (Wildman–Crippen LogP) is 2.31. The number of aromatic nitrogens is 2. The van der Waals surface area contributed by atoms with Crippen molar-refractivity contribution in [2.45, 2.75) is 13.3 Å². The van der Waals surface area contributed by atoms with E-state index in [1.165, 1.54) is 16.9 Å². The standard InChI is InChI=1S/C17H20N4OS/c1-2-12-6-18-17(19-7-12)21-10-13-8-20(9-14(13)11-21)16(22)15-4-3-5-23-15/h3-7,13-14H,2,8-11H2,1H3/t13-,14+. The van der Waals surface area contributed by atoms with Gasteiger partial charge >= 0.3 is 0 Å². The van der Waals surface area contributed by atoms with Crippen molar-refractivity contribution in [1.82, 2.24) is 14.9 Å². The minimum absolute atomic E-state index is 0.185. The van der Waals surface area contributed by atoms with Crippen LogP contribution >= 0.6 is 11.3 Å². The Labute approximate surface area is 140 Å². The molecule has 2 aliphatic rings. The van der Waals surface area contributed by atoms with Crippen LogP contribution in [0.1, 0.15) is 22.2 Å². The number of hydrogen-bond donors (Lipinski definition) is 0. The van der Waals surface area contributed by atoms with Crippen LogP contribution in [0.2, 0.25) is 0 Å². The van der Waals surface area contributed by atoms with Gasteiger partial charge in [-0.3, -0.25) is 4.79 Å². The smallest absolute Gasteiger partial charge is 0.263 e. The zero-order chi connectivity index (χ0) is 15.8. The predicted molar refractivity (Wildman–Crippen MR) is 90.8 cm³/mol. The van der Waals surface area contributed by atoms with Crippen LogP contribution in [0.3, 0.4) is 0 Å². The zero-order valence-corrected chi connectivity index (χ0v) is 14.0. The lowest BCUT2D eigenvalue weighted by molar-refractivity contribution is 0.0787. The van der Waals surface area contributed by atoms with E-state index in [-0.39, 0.29) is 5.91 Å². The van der Waals surface area contributed by atoms with Gasteiger partial charge in [-0.1, -0.05) is 13.0 Å². The second-order valence-electron chi connectivity index (χ2n) is 6.36. The van der Waals surface area contributed by atoms with E-state index >= 15 is 0 Å². The average molecular weight is 328 g/mol. The fourth-order valence-corrected chi connectivity index (χ4v) is 4.26. The van der Waals surface area contributed by atoms with Gasteiger partial charge in [-0.25, -0.2) is 9.97 Å². The van der Waals surface area contributed by atoms with E-state index in [9.17, 15) is 4.79 Å². The molecule has 0 aliphatic carbocycles. The van der Waals surface area contributed by atoms with E-state index in [1.807, 2.05) is 34.8 Å². The lowest BCUT2D eigenvalue weighted by Crippen LogP contribution is -2.33. The summed E-state index contributed by atoms with van der Waals surface area (Å²) in [6, 6.07) is 3.85. The lowest BCUT2D eigenvalue weighted by atomic mass is 10.0. The van der Waals surface area contributed by atoms with Crippen molar-refractivity contribution in [3.8, 4) is 0 Å². The Morgan fingerprint density at radius 3 is 2.48 bits per heavy atom. The molecule has 23 heavy (non-hydrogen) atoms. The number of amides is 1. The molecule has 2 aliphatic heterocycles. The first-order valence-electron chi connectivity index (χ1n) is 8.13. The molecular formula is C17H20N4OS. The van der Waals surface area contributed by atoms with Crippen molar-refractivity contribution in [3.05, 3.63) is 40.3 Å². The van der Waals surface area contributed by atoms with E-state index in [1.54, 1.807) is 0 Å². The van der Waals surface area contributed by atoms with Crippen LogP contribution in [0.5, 0.6) is 0 Å². The highest BCUT2D eigenvalue weighted by Gasteiger charge is 2.42. The molecule has 0 radical (unpaired) electrons. The average Bonchev–Trinajstić information content (AvgIpc) is 3.29. The van der Waals surface area contributed by atoms with Gasteiger partial charge in [0.05, 0.1) is 4.88 Å². The fourth-order valence-electron chi connectivity index (χ4n) is 3.57. The molecule has 2 saturated heterocycles. The van der Waals surface area contributed by atoms with Crippen LogP contribution < -0.4 is 4.90 Å². The molecule has 2 aromatic rings. The molecule has 0 aromatic carbocycles. The molecule has 0 N–H and O–H groups in total. The maximum atomic E-state index is 12.5. The van der Waals surface area contributed by atoms with E-state index in [4.69, 9.17) is 0 Å². The Hall–Kier alpha value is -1.95. The second-order valence-corrected chi connectivity index (χ2v) is 7.31. The van der Waals surface area contributed by atoms with Gasteiger partial charge in [0, 0.05) is 50.4 Å². The van der Waals surface area contributed by atoms with E-state index in [2.05, 4.69) is 21.8 Å². The maximum Gasteiger partial charge on any atom is 0.263 e. The van der Waals surface area contributed by atoms with Crippen molar-refractivity contribution in [3.63, 3.8) is 0 Å². The molecular weight excluding hydrogens is 308 g/mol. The highest BCUT2D eigenvalue weighted by atomic mass is 32.1. The zero-order valence-electron chi connectivity index (χ0n) is 13.2. The van der Waals surface area contributed by atoms with Gasteiger partial charge in [-0.15, -0.1) is 11.3 Å². The van der Waals surface area contributed by atoms with Crippen molar-refractivity contribution in [2.75, 3.05) is 31.1 Å². The SMILES string of the molecule is CCc1cnc(N2C[C@H]3CN(C(=O)c4cccs4)C[C@H]3C2)nc1. The molecule has 0 bridgehead atoms. The molecule has 1 amide bonds. The minimum Gasteiger partial charge on any atom is -0.340 e. The van der Waals surface area contributed by atoms with Crippen molar-refractivity contribution < 1.29 is 4.79 Å². The van der Waals surface area contributed by atoms with Gasteiger partial charge in [0.1, 0.15) is 0 Å². The molecule has 120 valence electrons. The molecule has 2 atom stereocenters. The number of carbonyl (C=O) groups is 1. The maximum absolute atomic E-state index is 12.5. The van der Waals surface area contributed by atoms with Crippen LogP contribution in [0.15, 0.2) is 29.9 Å². The highest BCUT2D eigenvalue weighted by Crippen LogP contribution is 2.33. The molecule has 2 fully saturated rings. The van der Waals surface area contributed by atoms with Gasteiger partial charge in [0.25, 0.3) is 5.91 Å². The van der Waals surface area contributed by atoms with E-state index in [0.29, 0.717) is 11.8 Å². The third-order valence-electron chi connectivity index (χ3n) is 4.89. The normalized spacial score (nSPS) is 23.3. The minimum atomic E-state index is 0.185. The van der Waals surface area contributed by atoms with Gasteiger partial charge in [-0.2, -0.15) is 0 Å². The number of hydrogen-bond acceptors (Lipinski definition) is 5. The summed E-state index contributed by atoms with van der Waals surface area (Å²) in [6.07, 6.45) is 4.80. The summed E-state index contributed by atoms with van der Waals surface area (Å²) in [6.45, 7) is 5.71. The quantitative estimate of drug-likeness (QED) is 0.867. The summed E-state index contributed by atoms with van der Waals surface area (Å²) in [4.78, 5) is 26.6. The second kappa shape index (κ2) is 5.92.